The number of benzene rings is 2. The molecule has 1 amide bonds. The molecule has 0 spiro atoms. The van der Waals surface area contributed by atoms with Gasteiger partial charge >= 0.3 is 0 Å². The monoisotopic (exact) mass is 487 g/mol. The molecule has 0 saturated heterocycles. The van der Waals surface area contributed by atoms with Gasteiger partial charge in [-0.15, -0.1) is 0 Å². The second-order valence-corrected chi connectivity index (χ2v) is 9.02. The molecule has 2 aromatic heterocycles. The van der Waals surface area contributed by atoms with Gasteiger partial charge in [-0.25, -0.2) is 15.0 Å². The molecule has 0 bridgehead atoms. The molecule has 4 aromatic rings. The van der Waals surface area contributed by atoms with E-state index < -0.39 is 6.10 Å². The third-order valence-electron chi connectivity index (χ3n) is 6.53. The van der Waals surface area contributed by atoms with E-state index >= 15 is 0 Å². The van der Waals surface area contributed by atoms with Crippen molar-refractivity contribution in [1.82, 2.24) is 19.5 Å². The minimum absolute atomic E-state index is 0.165. The van der Waals surface area contributed by atoms with Crippen molar-refractivity contribution < 1.29 is 19.4 Å². The Morgan fingerprint density at radius 1 is 1.03 bits per heavy atom. The number of carbonyl (C=O) groups is 1. The molecule has 2 heterocycles. The Hall–Kier alpha value is -3.66. The number of carbonyl (C=O) groups excluding carboxylic acids is 1. The van der Waals surface area contributed by atoms with E-state index in [0.717, 1.165) is 11.1 Å². The van der Waals surface area contributed by atoms with Crippen molar-refractivity contribution in [3.05, 3.63) is 84.4 Å². The smallest absolute Gasteiger partial charge is 0.222 e. The van der Waals surface area contributed by atoms with Crippen LogP contribution in [0.25, 0.3) is 11.2 Å². The summed E-state index contributed by atoms with van der Waals surface area (Å²) in [5.74, 6) is -0.118. The number of imidazole rings is 1. The first-order valence-electron chi connectivity index (χ1n) is 12.0. The Bertz CT molecular complexity index is 1300. The van der Waals surface area contributed by atoms with E-state index in [1.54, 1.807) is 6.33 Å². The number of amides is 1. The van der Waals surface area contributed by atoms with Crippen molar-refractivity contribution in [3.63, 3.8) is 0 Å². The highest BCUT2D eigenvalue weighted by Crippen LogP contribution is 2.40. The summed E-state index contributed by atoms with van der Waals surface area (Å²) in [7, 11) is 0. The normalized spacial score (nSPS) is 21.6. The van der Waals surface area contributed by atoms with Crippen molar-refractivity contribution >= 4 is 22.9 Å². The van der Waals surface area contributed by atoms with E-state index in [2.05, 4.69) is 20.3 Å². The molecule has 186 valence electrons. The molecule has 1 aliphatic rings. The van der Waals surface area contributed by atoms with Crippen LogP contribution in [0.2, 0.25) is 0 Å². The summed E-state index contributed by atoms with van der Waals surface area (Å²) in [6.07, 6.45) is 2.55. The van der Waals surface area contributed by atoms with E-state index in [-0.39, 0.29) is 24.0 Å². The molecule has 1 aliphatic carbocycles. The molecule has 1 fully saturated rings. The van der Waals surface area contributed by atoms with Gasteiger partial charge in [-0.1, -0.05) is 60.7 Å². The van der Waals surface area contributed by atoms with Crippen LogP contribution in [-0.4, -0.2) is 49.3 Å². The number of rotatable bonds is 9. The Labute approximate surface area is 209 Å². The van der Waals surface area contributed by atoms with Gasteiger partial charge in [0, 0.05) is 18.9 Å². The van der Waals surface area contributed by atoms with Gasteiger partial charge in [0.05, 0.1) is 38.4 Å². The van der Waals surface area contributed by atoms with Gasteiger partial charge in [0.2, 0.25) is 5.91 Å². The number of aromatic nitrogens is 4. The third-order valence-corrected chi connectivity index (χ3v) is 6.53. The number of nitrogens with zero attached hydrogens (tertiary/aromatic N) is 4. The maximum Gasteiger partial charge on any atom is 0.222 e. The van der Waals surface area contributed by atoms with Crippen molar-refractivity contribution in [3.8, 4) is 0 Å². The minimum Gasteiger partial charge on any atom is -0.390 e. The van der Waals surface area contributed by atoms with Crippen LogP contribution < -0.4 is 5.32 Å². The Morgan fingerprint density at radius 2 is 1.72 bits per heavy atom. The molecule has 36 heavy (non-hydrogen) atoms. The Balaban J connectivity index is 1.38. The highest BCUT2D eigenvalue weighted by atomic mass is 16.5. The maximum atomic E-state index is 11.6. The molecule has 9 nitrogen and oxygen atoms in total. The van der Waals surface area contributed by atoms with E-state index in [9.17, 15) is 9.90 Å². The molecule has 0 radical (unpaired) electrons. The van der Waals surface area contributed by atoms with Crippen LogP contribution in [-0.2, 0) is 27.5 Å². The van der Waals surface area contributed by atoms with Gasteiger partial charge in [0.1, 0.15) is 6.33 Å². The van der Waals surface area contributed by atoms with Gasteiger partial charge < -0.3 is 24.5 Å². The maximum absolute atomic E-state index is 11.6. The summed E-state index contributed by atoms with van der Waals surface area (Å²) in [5, 5.41) is 14.0. The second-order valence-electron chi connectivity index (χ2n) is 9.02. The fourth-order valence-corrected chi connectivity index (χ4v) is 4.77. The van der Waals surface area contributed by atoms with E-state index in [4.69, 9.17) is 9.47 Å². The number of hydrogen-bond donors (Lipinski definition) is 2. The van der Waals surface area contributed by atoms with Crippen LogP contribution in [0.15, 0.2) is 73.3 Å². The topological polar surface area (TPSA) is 111 Å². The summed E-state index contributed by atoms with van der Waals surface area (Å²) in [5.41, 5.74) is 3.20. The summed E-state index contributed by atoms with van der Waals surface area (Å²) < 4.78 is 14.2. The van der Waals surface area contributed by atoms with Crippen LogP contribution in [0.3, 0.4) is 0 Å². The Kier molecular flexibility index (Phi) is 7.31. The SMILES string of the molecule is CC(=O)Nc1ncnc2c1ncn2C1CC(OCc2ccccc2)C(O)[C@@H]1COCc1ccccc1. The number of aliphatic hydroxyl groups is 1. The molecule has 4 atom stereocenters. The second kappa shape index (κ2) is 10.9. The lowest BCUT2D eigenvalue weighted by molar-refractivity contribution is -0.114. The van der Waals surface area contributed by atoms with Crippen LogP contribution in [0.5, 0.6) is 0 Å². The van der Waals surface area contributed by atoms with Gasteiger partial charge in [0.15, 0.2) is 17.0 Å². The van der Waals surface area contributed by atoms with Gasteiger partial charge in [-0.05, 0) is 17.5 Å². The van der Waals surface area contributed by atoms with E-state index in [0.29, 0.717) is 43.2 Å². The van der Waals surface area contributed by atoms with Crippen molar-refractivity contribution in [1.29, 1.82) is 0 Å². The summed E-state index contributed by atoms with van der Waals surface area (Å²) in [6, 6.07) is 19.7. The number of nitrogens with one attached hydrogen (secondary N) is 1. The zero-order valence-electron chi connectivity index (χ0n) is 20.0. The van der Waals surface area contributed by atoms with Crippen LogP contribution in [0, 0.1) is 5.92 Å². The lowest BCUT2D eigenvalue weighted by atomic mass is 10.0. The average Bonchev–Trinajstić information content (AvgIpc) is 3.45. The quantitative estimate of drug-likeness (QED) is 0.372. The highest BCUT2D eigenvalue weighted by molar-refractivity contribution is 5.95. The van der Waals surface area contributed by atoms with E-state index in [1.807, 2.05) is 65.2 Å². The first-order valence-corrected chi connectivity index (χ1v) is 12.0. The standard InChI is InChI=1S/C27H29N5O4/c1-18(33)31-26-24-27(29-16-28-26)32(17-30-24)22-12-23(36-14-20-10-6-3-7-11-20)25(34)21(22)15-35-13-19-8-4-2-5-9-19/h2-11,16-17,21-23,25,34H,12-15H2,1H3,(H,28,29,31,33)/t21-,22?,23?,25?/m1/s1. The van der Waals surface area contributed by atoms with Crippen molar-refractivity contribution in [2.45, 2.75) is 44.8 Å². The number of ether oxygens (including phenoxy) is 2. The van der Waals surface area contributed by atoms with Crippen LogP contribution >= 0.6 is 0 Å². The van der Waals surface area contributed by atoms with Crippen molar-refractivity contribution in [2.24, 2.45) is 5.92 Å². The molecule has 2 aromatic carbocycles. The summed E-state index contributed by atoms with van der Waals surface area (Å²) in [4.78, 5) is 24.7. The molecule has 5 rings (SSSR count). The number of anilines is 1. The lowest BCUT2D eigenvalue weighted by Gasteiger charge is -2.23. The molecular weight excluding hydrogens is 458 g/mol. The molecule has 2 N–H and O–H groups in total. The number of hydrogen-bond acceptors (Lipinski definition) is 7. The van der Waals surface area contributed by atoms with Crippen LogP contribution in [0.4, 0.5) is 5.82 Å². The van der Waals surface area contributed by atoms with Crippen molar-refractivity contribution in [2.75, 3.05) is 11.9 Å². The predicted molar refractivity (Wildman–Crippen MR) is 134 cm³/mol. The molecular formula is C27H29N5O4. The lowest BCUT2D eigenvalue weighted by Crippen LogP contribution is -2.31. The molecule has 0 aliphatic heterocycles. The molecule has 3 unspecified atom stereocenters. The molecule has 1 saturated carbocycles. The molecule has 9 heteroatoms. The minimum atomic E-state index is -0.733. The third kappa shape index (κ3) is 5.28. The zero-order chi connectivity index (χ0) is 24.9. The number of aliphatic hydroxyl groups excluding tert-OH is 1. The fourth-order valence-electron chi connectivity index (χ4n) is 4.77. The highest BCUT2D eigenvalue weighted by Gasteiger charge is 2.44. The van der Waals surface area contributed by atoms with Gasteiger partial charge in [-0.3, -0.25) is 4.79 Å². The first-order chi connectivity index (χ1) is 17.6. The fraction of sp³-hybridized carbons (Fsp3) is 0.333. The summed E-state index contributed by atoms with van der Waals surface area (Å²) in [6.45, 7) is 2.63. The van der Waals surface area contributed by atoms with Gasteiger partial charge in [-0.2, -0.15) is 0 Å². The van der Waals surface area contributed by atoms with E-state index in [1.165, 1.54) is 13.3 Å². The number of fused-ring (bicyclic) bond motifs is 1. The van der Waals surface area contributed by atoms with Crippen LogP contribution in [0.1, 0.15) is 30.5 Å². The predicted octanol–water partition coefficient (Wildman–Crippen LogP) is 3.51. The largest absolute Gasteiger partial charge is 0.390 e. The van der Waals surface area contributed by atoms with Gasteiger partial charge in [0.25, 0.3) is 0 Å². The summed E-state index contributed by atoms with van der Waals surface area (Å²) >= 11 is 0. The zero-order valence-corrected chi connectivity index (χ0v) is 20.0. The average molecular weight is 488 g/mol. The Morgan fingerprint density at radius 3 is 2.42 bits per heavy atom. The first kappa shape index (κ1) is 24.1.